The highest BCUT2D eigenvalue weighted by atomic mass is 19.1. The normalized spacial score (nSPS) is 20.9. The van der Waals surface area contributed by atoms with Gasteiger partial charge in [0.25, 0.3) is 0 Å². The summed E-state index contributed by atoms with van der Waals surface area (Å²) in [5.74, 6) is 1.23. The minimum Gasteiger partial charge on any atom is -0.228 e. The second-order valence-corrected chi connectivity index (χ2v) is 7.18. The van der Waals surface area contributed by atoms with E-state index in [9.17, 15) is 4.39 Å². The number of nitrogens with zero attached hydrogens (tertiary/aromatic N) is 1. The van der Waals surface area contributed by atoms with Crippen LogP contribution in [0.15, 0.2) is 42.6 Å². The van der Waals surface area contributed by atoms with Gasteiger partial charge >= 0.3 is 0 Å². The van der Waals surface area contributed by atoms with Gasteiger partial charge in [-0.25, -0.2) is 4.98 Å². The number of benzene rings is 1. The molecule has 1 heterocycles. The zero-order valence-electron chi connectivity index (χ0n) is 14.7. The molecule has 0 unspecified atom stereocenters. The molecule has 1 aromatic carbocycles. The summed E-state index contributed by atoms with van der Waals surface area (Å²) in [6.45, 7) is 2.28. The van der Waals surface area contributed by atoms with Crippen molar-refractivity contribution in [3.63, 3.8) is 0 Å². The van der Waals surface area contributed by atoms with Crippen LogP contribution in [0.4, 0.5) is 4.39 Å². The van der Waals surface area contributed by atoms with Gasteiger partial charge in [0, 0.05) is 11.8 Å². The maximum atomic E-state index is 13.8. The lowest BCUT2D eigenvalue weighted by molar-refractivity contribution is 0.303. The number of hydrogen-bond acceptors (Lipinski definition) is 1. The Morgan fingerprint density at radius 3 is 2.42 bits per heavy atom. The van der Waals surface area contributed by atoms with Gasteiger partial charge in [0.1, 0.15) is 0 Å². The first kappa shape index (κ1) is 17.1. The third-order valence-electron chi connectivity index (χ3n) is 5.51. The zero-order chi connectivity index (χ0) is 16.8. The van der Waals surface area contributed by atoms with Gasteiger partial charge in [-0.15, -0.1) is 0 Å². The van der Waals surface area contributed by atoms with Crippen molar-refractivity contribution in [2.45, 2.75) is 64.2 Å². The Hall–Kier alpha value is -1.70. The summed E-state index contributed by atoms with van der Waals surface area (Å²) in [6, 6.07) is 12.0. The number of unbranched alkanes of at least 4 members (excludes halogenated alkanes) is 2. The largest absolute Gasteiger partial charge is 0.228 e. The van der Waals surface area contributed by atoms with Crippen molar-refractivity contribution in [1.82, 2.24) is 4.98 Å². The maximum Gasteiger partial charge on any atom is 0.220 e. The first-order valence-corrected chi connectivity index (χ1v) is 9.48. The van der Waals surface area contributed by atoms with E-state index in [1.54, 1.807) is 12.1 Å². The topological polar surface area (TPSA) is 12.9 Å². The molecule has 1 aromatic heterocycles. The average Bonchev–Trinajstić information content (AvgIpc) is 2.63. The van der Waals surface area contributed by atoms with E-state index in [1.165, 1.54) is 63.1 Å². The van der Waals surface area contributed by atoms with Gasteiger partial charge in [0.15, 0.2) is 0 Å². The van der Waals surface area contributed by atoms with E-state index in [0.29, 0.717) is 11.5 Å². The summed E-state index contributed by atoms with van der Waals surface area (Å²) in [7, 11) is 0. The molecule has 0 spiro atoms. The second kappa shape index (κ2) is 8.41. The van der Waals surface area contributed by atoms with E-state index in [2.05, 4.69) is 24.0 Å². The molecule has 1 saturated carbocycles. The molecule has 0 radical (unpaired) electrons. The predicted molar refractivity (Wildman–Crippen MR) is 98.5 cm³/mol. The fraction of sp³-hybridized carbons (Fsp3) is 0.500. The molecule has 1 nitrogen and oxygen atoms in total. The Bertz CT molecular complexity index is 627. The number of rotatable bonds is 6. The predicted octanol–water partition coefficient (Wildman–Crippen LogP) is 6.74. The van der Waals surface area contributed by atoms with Crippen LogP contribution in [-0.2, 0) is 0 Å². The van der Waals surface area contributed by atoms with Gasteiger partial charge in [-0.2, -0.15) is 4.39 Å². The minimum absolute atomic E-state index is 0.391. The van der Waals surface area contributed by atoms with Crippen LogP contribution >= 0.6 is 0 Å². The van der Waals surface area contributed by atoms with Crippen molar-refractivity contribution >= 4 is 0 Å². The molecular weight excluding hydrogens is 297 g/mol. The quantitative estimate of drug-likeness (QED) is 0.423. The van der Waals surface area contributed by atoms with E-state index in [0.717, 1.165) is 11.5 Å². The van der Waals surface area contributed by atoms with Crippen molar-refractivity contribution < 1.29 is 4.39 Å². The monoisotopic (exact) mass is 325 g/mol. The maximum absolute atomic E-state index is 13.8. The molecule has 1 aliphatic rings. The van der Waals surface area contributed by atoms with Gasteiger partial charge in [0.05, 0.1) is 0 Å². The molecule has 2 heteroatoms. The van der Waals surface area contributed by atoms with Crippen LogP contribution in [0.2, 0.25) is 0 Å². The van der Waals surface area contributed by atoms with Crippen LogP contribution in [0.25, 0.3) is 11.1 Å². The molecular formula is C22H28FN. The van der Waals surface area contributed by atoms with Crippen LogP contribution in [-0.4, -0.2) is 4.98 Å². The molecule has 0 amide bonds. The minimum atomic E-state index is -0.391. The third kappa shape index (κ3) is 4.23. The first-order chi connectivity index (χ1) is 11.8. The first-order valence-electron chi connectivity index (χ1n) is 9.48. The molecule has 0 atom stereocenters. The second-order valence-electron chi connectivity index (χ2n) is 7.18. The number of hydrogen-bond donors (Lipinski definition) is 0. The number of aromatic nitrogens is 1. The fourth-order valence-corrected chi connectivity index (χ4v) is 4.00. The number of halogens is 1. The zero-order valence-corrected chi connectivity index (χ0v) is 14.7. The molecule has 3 rings (SSSR count). The van der Waals surface area contributed by atoms with Gasteiger partial charge in [-0.1, -0.05) is 56.9 Å². The van der Waals surface area contributed by atoms with Crippen LogP contribution in [0.1, 0.15) is 69.8 Å². The Balaban J connectivity index is 1.58. The summed E-state index contributed by atoms with van der Waals surface area (Å²) in [5.41, 5.74) is 2.91. The van der Waals surface area contributed by atoms with Gasteiger partial charge in [-0.05, 0) is 60.8 Å². The van der Waals surface area contributed by atoms with Crippen molar-refractivity contribution in [1.29, 1.82) is 0 Å². The lowest BCUT2D eigenvalue weighted by Gasteiger charge is -2.29. The Morgan fingerprint density at radius 1 is 1.00 bits per heavy atom. The highest BCUT2D eigenvalue weighted by Gasteiger charge is 2.22. The van der Waals surface area contributed by atoms with Crippen molar-refractivity contribution in [2.75, 3.05) is 0 Å². The highest BCUT2D eigenvalue weighted by Crippen LogP contribution is 2.38. The van der Waals surface area contributed by atoms with E-state index < -0.39 is 5.95 Å². The summed E-state index contributed by atoms with van der Waals surface area (Å²) in [4.78, 5) is 3.74. The lowest BCUT2D eigenvalue weighted by Crippen LogP contribution is -2.13. The van der Waals surface area contributed by atoms with Gasteiger partial charge < -0.3 is 0 Å². The van der Waals surface area contributed by atoms with Crippen molar-refractivity contribution in [3.05, 3.63) is 54.1 Å². The summed E-state index contributed by atoms with van der Waals surface area (Å²) < 4.78 is 13.8. The molecule has 0 N–H and O–H groups in total. The summed E-state index contributed by atoms with van der Waals surface area (Å²) >= 11 is 0. The molecule has 0 aliphatic heterocycles. The van der Waals surface area contributed by atoms with Crippen molar-refractivity contribution in [3.8, 4) is 11.1 Å². The molecule has 128 valence electrons. The Labute approximate surface area is 145 Å². The smallest absolute Gasteiger partial charge is 0.220 e. The summed E-state index contributed by atoms with van der Waals surface area (Å²) in [5, 5.41) is 0. The van der Waals surface area contributed by atoms with Crippen LogP contribution < -0.4 is 0 Å². The molecule has 2 aromatic rings. The summed E-state index contributed by atoms with van der Waals surface area (Å²) in [6.07, 6.45) is 12.4. The fourth-order valence-electron chi connectivity index (χ4n) is 4.00. The molecule has 24 heavy (non-hydrogen) atoms. The highest BCUT2D eigenvalue weighted by molar-refractivity contribution is 5.63. The molecule has 1 aliphatic carbocycles. The third-order valence-corrected chi connectivity index (χ3v) is 5.51. The molecule has 1 fully saturated rings. The molecule has 0 saturated heterocycles. The van der Waals surface area contributed by atoms with E-state index >= 15 is 0 Å². The van der Waals surface area contributed by atoms with Crippen molar-refractivity contribution in [2.24, 2.45) is 5.92 Å². The van der Waals surface area contributed by atoms with E-state index in [-0.39, 0.29) is 0 Å². The average molecular weight is 325 g/mol. The van der Waals surface area contributed by atoms with Gasteiger partial charge in [0.2, 0.25) is 5.95 Å². The SMILES string of the molecule is CCCCCC1CCC(c2ccc(-c3cccnc3F)cc2)CC1. The van der Waals surface area contributed by atoms with Gasteiger partial charge in [-0.3, -0.25) is 0 Å². The van der Waals surface area contributed by atoms with E-state index in [1.807, 2.05) is 12.1 Å². The Kier molecular flexibility index (Phi) is 6.01. The standard InChI is InChI=1S/C22H28FN/c1-2-3-4-6-17-8-10-18(11-9-17)19-12-14-20(15-13-19)21-7-5-16-24-22(21)23/h5,7,12-18H,2-4,6,8-11H2,1H3. The van der Waals surface area contributed by atoms with E-state index in [4.69, 9.17) is 0 Å². The van der Waals surface area contributed by atoms with Crippen LogP contribution in [0.5, 0.6) is 0 Å². The Morgan fingerprint density at radius 2 is 1.75 bits per heavy atom. The van der Waals surface area contributed by atoms with Crippen LogP contribution in [0.3, 0.4) is 0 Å². The lowest BCUT2D eigenvalue weighted by atomic mass is 9.77. The molecule has 0 bridgehead atoms. The number of pyridine rings is 1. The van der Waals surface area contributed by atoms with Crippen LogP contribution in [0, 0.1) is 11.9 Å².